The van der Waals surface area contributed by atoms with E-state index in [4.69, 9.17) is 4.74 Å². The maximum atomic E-state index is 5.90. The number of hydrogen-bond acceptors (Lipinski definition) is 1. The van der Waals surface area contributed by atoms with E-state index in [0.717, 1.165) is 24.4 Å². The summed E-state index contributed by atoms with van der Waals surface area (Å²) in [6.07, 6.45) is 4.16. The number of rotatable bonds is 1. The monoisotopic (exact) mass is 222 g/mol. The molecule has 0 radical (unpaired) electrons. The van der Waals surface area contributed by atoms with Gasteiger partial charge in [0.05, 0.1) is 0 Å². The van der Waals surface area contributed by atoms with Gasteiger partial charge in [-0.3, -0.25) is 0 Å². The van der Waals surface area contributed by atoms with Crippen LogP contribution in [-0.4, -0.2) is 0 Å². The minimum Gasteiger partial charge on any atom is -0.461 e. The van der Waals surface area contributed by atoms with Crippen molar-refractivity contribution in [2.24, 2.45) is 0 Å². The molecular formula is C16H14O. The third-order valence-electron chi connectivity index (χ3n) is 2.98. The highest BCUT2D eigenvalue weighted by atomic mass is 16.5. The minimum atomic E-state index is 0.978. The Morgan fingerprint density at radius 2 is 1.59 bits per heavy atom. The predicted octanol–water partition coefficient (Wildman–Crippen LogP) is 4.05. The fourth-order valence-corrected chi connectivity index (χ4v) is 2.10. The summed E-state index contributed by atoms with van der Waals surface area (Å²) >= 11 is 0. The molecule has 1 aliphatic rings. The van der Waals surface area contributed by atoms with E-state index < -0.39 is 0 Å². The van der Waals surface area contributed by atoms with E-state index in [2.05, 4.69) is 30.3 Å². The average molecular weight is 222 g/mol. The number of allylic oxidation sites excluding steroid dienone is 1. The van der Waals surface area contributed by atoms with Gasteiger partial charge in [0.2, 0.25) is 0 Å². The number of aryl methyl sites for hydroxylation is 1. The van der Waals surface area contributed by atoms with Gasteiger partial charge in [-0.25, -0.2) is 0 Å². The summed E-state index contributed by atoms with van der Waals surface area (Å²) in [5.74, 6) is 2.05. The van der Waals surface area contributed by atoms with Crippen molar-refractivity contribution in [3.63, 3.8) is 0 Å². The number of hydrogen-bond donors (Lipinski definition) is 0. The zero-order chi connectivity index (χ0) is 11.5. The molecule has 0 saturated heterocycles. The lowest BCUT2D eigenvalue weighted by atomic mass is 10.0. The third kappa shape index (κ3) is 2.23. The maximum absolute atomic E-state index is 5.90. The molecule has 17 heavy (non-hydrogen) atoms. The summed E-state index contributed by atoms with van der Waals surface area (Å²) in [5.41, 5.74) is 2.50. The Bertz CT molecular complexity index is 540. The first kappa shape index (κ1) is 10.2. The van der Waals surface area contributed by atoms with Crippen LogP contribution >= 0.6 is 0 Å². The van der Waals surface area contributed by atoms with Crippen LogP contribution in [0.2, 0.25) is 0 Å². The van der Waals surface area contributed by atoms with Crippen molar-refractivity contribution >= 4 is 6.08 Å². The Labute approximate surface area is 101 Å². The minimum absolute atomic E-state index is 0.978. The number of benzene rings is 2. The molecule has 84 valence electrons. The summed E-state index contributed by atoms with van der Waals surface area (Å²) in [5, 5.41) is 0. The molecule has 0 aromatic heterocycles. The molecule has 1 heteroatoms. The lowest BCUT2D eigenvalue weighted by Gasteiger charge is -2.19. The molecule has 1 nitrogen and oxygen atoms in total. The van der Waals surface area contributed by atoms with Crippen molar-refractivity contribution in [3.8, 4) is 5.75 Å². The molecule has 0 spiro atoms. The summed E-state index contributed by atoms with van der Waals surface area (Å²) < 4.78 is 5.90. The largest absolute Gasteiger partial charge is 0.461 e. The van der Waals surface area contributed by atoms with Crippen LogP contribution in [0.4, 0.5) is 0 Å². The van der Waals surface area contributed by atoms with Gasteiger partial charge >= 0.3 is 0 Å². The van der Waals surface area contributed by atoms with Gasteiger partial charge in [-0.05, 0) is 29.7 Å². The fourth-order valence-electron chi connectivity index (χ4n) is 2.10. The van der Waals surface area contributed by atoms with E-state index in [-0.39, 0.29) is 0 Å². The van der Waals surface area contributed by atoms with Gasteiger partial charge in [0.15, 0.2) is 0 Å². The lowest BCUT2D eigenvalue weighted by Crippen LogP contribution is -2.06. The Balaban J connectivity index is 1.87. The summed E-state index contributed by atoms with van der Waals surface area (Å²) in [6.45, 7) is 0. The van der Waals surface area contributed by atoms with Crippen molar-refractivity contribution in [1.29, 1.82) is 0 Å². The van der Waals surface area contributed by atoms with E-state index in [1.165, 1.54) is 11.1 Å². The Morgan fingerprint density at radius 1 is 0.824 bits per heavy atom. The highest BCUT2D eigenvalue weighted by molar-refractivity contribution is 5.53. The summed E-state index contributed by atoms with van der Waals surface area (Å²) in [6, 6.07) is 18.6. The molecule has 2 aromatic carbocycles. The molecule has 1 aliphatic heterocycles. The number of fused-ring (bicyclic) bond motifs is 1. The molecular weight excluding hydrogens is 208 g/mol. The number of ether oxygens (including phenoxy) is 1. The van der Waals surface area contributed by atoms with Gasteiger partial charge < -0.3 is 4.74 Å². The van der Waals surface area contributed by atoms with Crippen LogP contribution in [0.3, 0.4) is 0 Å². The molecule has 0 saturated carbocycles. The summed E-state index contributed by atoms with van der Waals surface area (Å²) in [7, 11) is 0. The van der Waals surface area contributed by atoms with Gasteiger partial charge in [-0.15, -0.1) is 0 Å². The van der Waals surface area contributed by atoms with Crippen LogP contribution < -0.4 is 4.74 Å². The number of para-hydroxylation sites is 1. The SMILES string of the molecule is C(=C1/CCc2ccccc2O1)/c1ccccc1. The van der Waals surface area contributed by atoms with Crippen molar-refractivity contribution in [2.45, 2.75) is 12.8 Å². The van der Waals surface area contributed by atoms with Crippen molar-refractivity contribution in [3.05, 3.63) is 71.5 Å². The first-order chi connectivity index (χ1) is 8.42. The Hall–Kier alpha value is -2.02. The second-order valence-electron chi connectivity index (χ2n) is 4.23. The zero-order valence-corrected chi connectivity index (χ0v) is 9.60. The van der Waals surface area contributed by atoms with Crippen LogP contribution in [0, 0.1) is 0 Å². The maximum Gasteiger partial charge on any atom is 0.130 e. The van der Waals surface area contributed by atoms with E-state index in [1.54, 1.807) is 0 Å². The first-order valence-corrected chi connectivity index (χ1v) is 5.93. The molecule has 0 aliphatic carbocycles. The van der Waals surface area contributed by atoms with Gasteiger partial charge in [0, 0.05) is 6.42 Å². The Kier molecular flexibility index (Phi) is 2.66. The lowest BCUT2D eigenvalue weighted by molar-refractivity contribution is 0.383. The van der Waals surface area contributed by atoms with Crippen LogP contribution in [0.5, 0.6) is 5.75 Å². The molecule has 0 N–H and O–H groups in total. The van der Waals surface area contributed by atoms with Gasteiger partial charge in [0.25, 0.3) is 0 Å². The molecule has 0 atom stereocenters. The van der Waals surface area contributed by atoms with E-state index in [0.29, 0.717) is 0 Å². The Morgan fingerprint density at radius 3 is 2.47 bits per heavy atom. The smallest absolute Gasteiger partial charge is 0.130 e. The van der Waals surface area contributed by atoms with Gasteiger partial charge in [-0.1, -0.05) is 48.5 Å². The fraction of sp³-hybridized carbons (Fsp3) is 0.125. The van der Waals surface area contributed by atoms with E-state index in [1.807, 2.05) is 30.3 Å². The quantitative estimate of drug-likeness (QED) is 0.707. The predicted molar refractivity (Wildman–Crippen MR) is 69.8 cm³/mol. The second-order valence-corrected chi connectivity index (χ2v) is 4.23. The van der Waals surface area contributed by atoms with Crippen LogP contribution in [0.1, 0.15) is 17.5 Å². The van der Waals surface area contributed by atoms with Crippen molar-refractivity contribution in [1.82, 2.24) is 0 Å². The highest BCUT2D eigenvalue weighted by Gasteiger charge is 2.13. The topological polar surface area (TPSA) is 9.23 Å². The zero-order valence-electron chi connectivity index (χ0n) is 9.60. The normalized spacial score (nSPS) is 16.4. The second kappa shape index (κ2) is 4.46. The van der Waals surface area contributed by atoms with E-state index >= 15 is 0 Å². The van der Waals surface area contributed by atoms with Crippen LogP contribution in [0.25, 0.3) is 6.08 Å². The van der Waals surface area contributed by atoms with Gasteiger partial charge in [-0.2, -0.15) is 0 Å². The molecule has 0 bridgehead atoms. The van der Waals surface area contributed by atoms with Gasteiger partial charge in [0.1, 0.15) is 11.5 Å². The van der Waals surface area contributed by atoms with Crippen LogP contribution in [-0.2, 0) is 6.42 Å². The first-order valence-electron chi connectivity index (χ1n) is 5.93. The van der Waals surface area contributed by atoms with Crippen LogP contribution in [0.15, 0.2) is 60.4 Å². The molecule has 0 fully saturated rings. The van der Waals surface area contributed by atoms with E-state index in [9.17, 15) is 0 Å². The molecule has 2 aromatic rings. The van der Waals surface area contributed by atoms with Crippen molar-refractivity contribution in [2.75, 3.05) is 0 Å². The molecule has 0 amide bonds. The molecule has 3 rings (SSSR count). The van der Waals surface area contributed by atoms with Crippen molar-refractivity contribution < 1.29 is 4.74 Å². The molecule has 1 heterocycles. The average Bonchev–Trinajstić information content (AvgIpc) is 2.40. The third-order valence-corrected chi connectivity index (χ3v) is 2.98. The highest BCUT2D eigenvalue weighted by Crippen LogP contribution is 2.29. The summed E-state index contributed by atoms with van der Waals surface area (Å²) in [4.78, 5) is 0. The molecule has 0 unspecified atom stereocenters. The standard InChI is InChI=1S/C16H14O/c1-2-6-13(7-3-1)12-15-11-10-14-8-4-5-9-16(14)17-15/h1-9,12H,10-11H2/b15-12+.